The summed E-state index contributed by atoms with van der Waals surface area (Å²) in [7, 11) is 0. The van der Waals surface area contributed by atoms with Gasteiger partial charge in [-0.05, 0) is 24.3 Å². The Labute approximate surface area is 122 Å². The zero-order valence-corrected chi connectivity index (χ0v) is 11.0. The van der Waals surface area contributed by atoms with E-state index in [-0.39, 0.29) is 0 Å². The molecule has 0 N–H and O–H groups in total. The molecule has 0 radical (unpaired) electrons. The number of hydrogen-bond donors (Lipinski definition) is 0. The quantitative estimate of drug-likeness (QED) is 0.418. The Balaban J connectivity index is 1.87. The van der Waals surface area contributed by atoms with Crippen molar-refractivity contribution in [3.63, 3.8) is 0 Å². The molecule has 0 bridgehead atoms. The Kier molecular flexibility index (Phi) is 3.44. The highest BCUT2D eigenvalue weighted by Gasteiger charge is 2.16. The van der Waals surface area contributed by atoms with Crippen LogP contribution in [-0.4, -0.2) is 26.0 Å². The number of nitro benzene ring substituents is 1. The first-order chi connectivity index (χ1) is 10.6. The van der Waals surface area contributed by atoms with E-state index >= 15 is 0 Å². The number of furan rings is 1. The van der Waals surface area contributed by atoms with Crippen LogP contribution in [0.15, 0.2) is 52.5 Å². The lowest BCUT2D eigenvalue weighted by atomic mass is 10.1. The fourth-order valence-corrected chi connectivity index (χ4v) is 1.76. The van der Waals surface area contributed by atoms with Crippen LogP contribution in [-0.2, 0) is 0 Å². The van der Waals surface area contributed by atoms with Crippen LogP contribution in [0.25, 0.3) is 11.3 Å². The fraction of sp³-hybridized carbons (Fsp3) is 0. The highest BCUT2D eigenvalue weighted by molar-refractivity contribution is 5.77. The van der Waals surface area contributed by atoms with Crippen LogP contribution < -0.4 is 0 Å². The Morgan fingerprint density at radius 3 is 2.77 bits per heavy atom. The molecule has 0 saturated carbocycles. The minimum Gasteiger partial charge on any atom is -0.455 e. The average Bonchev–Trinajstić information content (AvgIpc) is 3.17. The molecule has 0 atom stereocenters. The predicted octanol–water partition coefficient (Wildman–Crippen LogP) is 2.47. The summed E-state index contributed by atoms with van der Waals surface area (Å²) in [5.41, 5.74) is -0.203. The van der Waals surface area contributed by atoms with Gasteiger partial charge < -0.3 is 4.42 Å². The van der Waals surface area contributed by atoms with Gasteiger partial charge in [-0.15, -0.1) is 10.2 Å². The second kappa shape index (κ2) is 5.56. The molecule has 2 heterocycles. The predicted molar refractivity (Wildman–Crippen MR) is 73.8 cm³/mol. The first-order valence-electron chi connectivity index (χ1n) is 6.06. The third-order valence-electron chi connectivity index (χ3n) is 2.78. The van der Waals surface area contributed by atoms with E-state index in [0.717, 1.165) is 12.1 Å². The van der Waals surface area contributed by atoms with Crippen LogP contribution in [0.4, 0.5) is 10.1 Å². The maximum Gasteiger partial charge on any atom is 0.305 e. The minimum absolute atomic E-state index is 0.369. The molecule has 0 aliphatic heterocycles. The van der Waals surface area contributed by atoms with E-state index in [4.69, 9.17) is 4.42 Å². The lowest BCUT2D eigenvalue weighted by Gasteiger charge is -1.98. The van der Waals surface area contributed by atoms with Crippen LogP contribution in [0.5, 0.6) is 0 Å². The standard InChI is InChI=1S/C13H8FN5O3/c14-11-3-1-9(5-12(11)19(20)21)13-4-2-10(22-13)6-17-18-7-15-16-8-18/h1-8H. The summed E-state index contributed by atoms with van der Waals surface area (Å²) in [6, 6.07) is 6.81. The number of hydrogen-bond acceptors (Lipinski definition) is 6. The van der Waals surface area contributed by atoms with Gasteiger partial charge in [-0.1, -0.05) is 0 Å². The molecular formula is C13H8FN5O3. The van der Waals surface area contributed by atoms with E-state index < -0.39 is 16.4 Å². The SMILES string of the molecule is O=[N+]([O-])c1cc(-c2ccc(C=Nn3cnnc3)o2)ccc1F. The molecule has 8 nitrogen and oxygen atoms in total. The molecule has 9 heteroatoms. The van der Waals surface area contributed by atoms with Crippen LogP contribution in [0, 0.1) is 15.9 Å². The normalized spacial score (nSPS) is 11.1. The van der Waals surface area contributed by atoms with Crippen LogP contribution in [0.2, 0.25) is 0 Å². The lowest BCUT2D eigenvalue weighted by molar-refractivity contribution is -0.387. The maximum atomic E-state index is 13.3. The van der Waals surface area contributed by atoms with E-state index in [1.807, 2.05) is 0 Å². The van der Waals surface area contributed by atoms with Crippen LogP contribution in [0.3, 0.4) is 0 Å². The molecule has 0 amide bonds. The van der Waals surface area contributed by atoms with Crippen molar-refractivity contribution in [2.45, 2.75) is 0 Å². The molecule has 3 aromatic rings. The van der Waals surface area contributed by atoms with Gasteiger partial charge >= 0.3 is 5.69 Å². The Morgan fingerprint density at radius 1 is 1.27 bits per heavy atom. The number of nitrogens with zero attached hydrogens (tertiary/aromatic N) is 5. The van der Waals surface area contributed by atoms with E-state index in [1.165, 1.54) is 29.6 Å². The molecule has 0 saturated heterocycles. The number of benzene rings is 1. The third kappa shape index (κ3) is 2.73. The summed E-state index contributed by atoms with van der Waals surface area (Å²) in [5, 5.41) is 21.9. The van der Waals surface area contributed by atoms with Crippen molar-refractivity contribution in [3.8, 4) is 11.3 Å². The van der Waals surface area contributed by atoms with Crippen molar-refractivity contribution in [1.82, 2.24) is 14.9 Å². The van der Waals surface area contributed by atoms with Crippen molar-refractivity contribution in [2.24, 2.45) is 5.10 Å². The minimum atomic E-state index is -0.894. The first kappa shape index (κ1) is 13.6. The molecule has 1 aromatic carbocycles. The molecule has 0 unspecified atom stereocenters. The van der Waals surface area contributed by atoms with Gasteiger partial charge in [-0.25, -0.2) is 4.68 Å². The van der Waals surface area contributed by atoms with Gasteiger partial charge in [0.25, 0.3) is 0 Å². The highest BCUT2D eigenvalue weighted by Crippen LogP contribution is 2.27. The molecule has 22 heavy (non-hydrogen) atoms. The second-order valence-electron chi connectivity index (χ2n) is 4.21. The van der Waals surface area contributed by atoms with E-state index in [1.54, 1.807) is 12.1 Å². The Hall–Kier alpha value is -3.36. The third-order valence-corrected chi connectivity index (χ3v) is 2.78. The Bertz CT molecular complexity index is 841. The molecule has 0 aliphatic carbocycles. The van der Waals surface area contributed by atoms with Crippen molar-refractivity contribution < 1.29 is 13.7 Å². The first-order valence-corrected chi connectivity index (χ1v) is 6.06. The molecule has 2 aromatic heterocycles. The van der Waals surface area contributed by atoms with E-state index in [2.05, 4.69) is 15.3 Å². The molecule has 0 spiro atoms. The number of halogens is 1. The van der Waals surface area contributed by atoms with E-state index in [0.29, 0.717) is 17.1 Å². The Morgan fingerprint density at radius 2 is 2.05 bits per heavy atom. The summed E-state index contributed by atoms with van der Waals surface area (Å²) in [6.07, 6.45) is 4.25. The molecule has 3 rings (SSSR count). The number of nitro groups is 1. The van der Waals surface area contributed by atoms with Gasteiger partial charge in [0.05, 0.1) is 11.1 Å². The summed E-state index contributed by atoms with van der Waals surface area (Å²) in [4.78, 5) is 9.96. The number of rotatable bonds is 4. The maximum absolute atomic E-state index is 13.3. The van der Waals surface area contributed by atoms with Gasteiger partial charge in [0.1, 0.15) is 24.2 Å². The average molecular weight is 301 g/mol. The summed E-state index contributed by atoms with van der Waals surface area (Å²) >= 11 is 0. The van der Waals surface area contributed by atoms with Gasteiger partial charge in [0, 0.05) is 11.6 Å². The summed E-state index contributed by atoms with van der Waals surface area (Å²) in [5.74, 6) is -0.0984. The topological polar surface area (TPSA) is 99.3 Å². The lowest BCUT2D eigenvalue weighted by Crippen LogP contribution is -1.92. The molecule has 0 fully saturated rings. The zero-order chi connectivity index (χ0) is 15.5. The van der Waals surface area contributed by atoms with E-state index in [9.17, 15) is 14.5 Å². The second-order valence-corrected chi connectivity index (χ2v) is 4.21. The van der Waals surface area contributed by atoms with Crippen molar-refractivity contribution >= 4 is 11.9 Å². The monoisotopic (exact) mass is 301 g/mol. The smallest absolute Gasteiger partial charge is 0.305 e. The van der Waals surface area contributed by atoms with Crippen molar-refractivity contribution in [3.05, 3.63) is 64.7 Å². The number of aromatic nitrogens is 3. The molecule has 0 aliphatic rings. The van der Waals surface area contributed by atoms with Gasteiger partial charge in [-0.3, -0.25) is 10.1 Å². The largest absolute Gasteiger partial charge is 0.455 e. The van der Waals surface area contributed by atoms with Crippen molar-refractivity contribution in [2.75, 3.05) is 0 Å². The van der Waals surface area contributed by atoms with Crippen LogP contribution in [0.1, 0.15) is 5.76 Å². The highest BCUT2D eigenvalue weighted by atomic mass is 19.1. The zero-order valence-electron chi connectivity index (χ0n) is 11.0. The van der Waals surface area contributed by atoms with Gasteiger partial charge in [-0.2, -0.15) is 9.49 Å². The summed E-state index contributed by atoms with van der Waals surface area (Å²) < 4.78 is 20.2. The van der Waals surface area contributed by atoms with Crippen LogP contribution >= 0.6 is 0 Å². The fourth-order valence-electron chi connectivity index (χ4n) is 1.76. The summed E-state index contributed by atoms with van der Waals surface area (Å²) in [6.45, 7) is 0. The van der Waals surface area contributed by atoms with Gasteiger partial charge in [0.2, 0.25) is 5.82 Å². The van der Waals surface area contributed by atoms with Crippen molar-refractivity contribution in [1.29, 1.82) is 0 Å². The van der Waals surface area contributed by atoms with Gasteiger partial charge in [0.15, 0.2) is 0 Å². The molecular weight excluding hydrogens is 293 g/mol. The molecule has 110 valence electrons.